The van der Waals surface area contributed by atoms with Crippen LogP contribution in [-0.4, -0.2) is 30.7 Å². The summed E-state index contributed by atoms with van der Waals surface area (Å²) < 4.78 is 27.9. The number of aromatic nitrogens is 2. The Balaban J connectivity index is 1.63. The van der Waals surface area contributed by atoms with E-state index in [9.17, 15) is 13.2 Å². The third-order valence-electron chi connectivity index (χ3n) is 4.10. The molecule has 0 saturated heterocycles. The van der Waals surface area contributed by atoms with Crippen molar-refractivity contribution in [3.8, 4) is 0 Å². The molecule has 0 bridgehead atoms. The zero-order valence-electron chi connectivity index (χ0n) is 13.6. The normalized spacial score (nSPS) is 14.4. The number of aryl methyl sites for hydroxylation is 2. The Morgan fingerprint density at radius 3 is 2.79 bits per heavy atom. The quantitative estimate of drug-likeness (QED) is 0.838. The second-order valence-corrected chi connectivity index (χ2v) is 8.76. The molecule has 0 aromatic carbocycles. The molecule has 1 aliphatic carbocycles. The summed E-state index contributed by atoms with van der Waals surface area (Å²) in [6.45, 7) is 1.70. The molecule has 1 amide bonds. The largest absolute Gasteiger partial charge is 0.316 e. The lowest BCUT2D eigenvalue weighted by atomic mass is 9.96. The molecule has 9 heteroatoms. The predicted octanol–water partition coefficient (Wildman–Crippen LogP) is 1.59. The highest BCUT2D eigenvalue weighted by Gasteiger charge is 2.21. The molecule has 0 aliphatic heterocycles. The minimum atomic E-state index is -3.73. The molecular formula is C15H20N4O3S2. The lowest BCUT2D eigenvalue weighted by molar-refractivity contribution is -0.115. The molecule has 0 saturated carbocycles. The van der Waals surface area contributed by atoms with E-state index in [0.717, 1.165) is 23.4 Å². The van der Waals surface area contributed by atoms with Crippen molar-refractivity contribution in [3.05, 3.63) is 28.4 Å². The van der Waals surface area contributed by atoms with Crippen molar-refractivity contribution in [2.75, 3.05) is 11.9 Å². The highest BCUT2D eigenvalue weighted by molar-refractivity contribution is 7.89. The van der Waals surface area contributed by atoms with E-state index in [1.165, 1.54) is 40.4 Å². The van der Waals surface area contributed by atoms with Crippen molar-refractivity contribution in [1.29, 1.82) is 0 Å². The lowest BCUT2D eigenvalue weighted by Gasteiger charge is -2.10. The van der Waals surface area contributed by atoms with Gasteiger partial charge < -0.3 is 5.32 Å². The fourth-order valence-electron chi connectivity index (χ4n) is 2.80. The maximum absolute atomic E-state index is 12.1. The van der Waals surface area contributed by atoms with Gasteiger partial charge in [-0.25, -0.2) is 13.1 Å². The van der Waals surface area contributed by atoms with Crippen LogP contribution in [0.5, 0.6) is 0 Å². The first-order chi connectivity index (χ1) is 11.4. The van der Waals surface area contributed by atoms with Gasteiger partial charge in [0.2, 0.25) is 15.9 Å². The van der Waals surface area contributed by atoms with E-state index >= 15 is 0 Å². The van der Waals surface area contributed by atoms with Crippen LogP contribution in [0.2, 0.25) is 0 Å². The number of hydrogen-bond acceptors (Lipinski definition) is 5. The third kappa shape index (κ3) is 3.52. The second kappa shape index (κ2) is 6.66. The Kier molecular flexibility index (Phi) is 4.75. The van der Waals surface area contributed by atoms with Crippen molar-refractivity contribution in [3.63, 3.8) is 0 Å². The number of rotatable bonds is 5. The van der Waals surface area contributed by atoms with Crippen molar-refractivity contribution in [1.82, 2.24) is 14.5 Å². The van der Waals surface area contributed by atoms with Gasteiger partial charge in [-0.2, -0.15) is 5.10 Å². The molecule has 7 nitrogen and oxygen atoms in total. The number of thiophene rings is 1. The topological polar surface area (TPSA) is 93.1 Å². The van der Waals surface area contributed by atoms with E-state index in [0.29, 0.717) is 0 Å². The standard InChI is InChI=1S/C15H20N4O3S2/c1-10-12-5-3-4-6-13(12)23-15(10)18-14(20)8-17-24(21,22)11-7-16-19(2)9-11/h7,9,17H,3-6,8H2,1-2H3,(H,18,20). The lowest BCUT2D eigenvalue weighted by Crippen LogP contribution is -2.32. The summed E-state index contributed by atoms with van der Waals surface area (Å²) in [5.41, 5.74) is 2.45. The van der Waals surface area contributed by atoms with E-state index in [4.69, 9.17) is 0 Å². The number of fused-ring (bicyclic) bond motifs is 1. The number of anilines is 1. The summed E-state index contributed by atoms with van der Waals surface area (Å²) >= 11 is 1.60. The first-order valence-electron chi connectivity index (χ1n) is 7.76. The molecule has 1 aliphatic rings. The average molecular weight is 368 g/mol. The van der Waals surface area contributed by atoms with Gasteiger partial charge >= 0.3 is 0 Å². The third-order valence-corrected chi connectivity index (χ3v) is 6.77. The van der Waals surface area contributed by atoms with Crippen LogP contribution in [0.1, 0.15) is 28.8 Å². The van der Waals surface area contributed by atoms with Gasteiger partial charge in [0.05, 0.1) is 17.7 Å². The summed E-state index contributed by atoms with van der Waals surface area (Å²) in [6, 6.07) is 0. The summed E-state index contributed by atoms with van der Waals surface area (Å²) in [4.78, 5) is 13.5. The van der Waals surface area contributed by atoms with Gasteiger partial charge in [0, 0.05) is 18.1 Å². The number of carbonyl (C=O) groups excluding carboxylic acids is 1. The Labute approximate surface area is 145 Å². The monoisotopic (exact) mass is 368 g/mol. The highest BCUT2D eigenvalue weighted by atomic mass is 32.2. The van der Waals surface area contributed by atoms with Gasteiger partial charge in [-0.15, -0.1) is 11.3 Å². The average Bonchev–Trinajstić information content (AvgIpc) is 3.11. The fraction of sp³-hybridized carbons (Fsp3) is 0.467. The molecule has 2 heterocycles. The molecule has 0 spiro atoms. The van der Waals surface area contributed by atoms with E-state index in [1.54, 1.807) is 18.4 Å². The van der Waals surface area contributed by atoms with Crippen LogP contribution in [0.3, 0.4) is 0 Å². The van der Waals surface area contributed by atoms with Gasteiger partial charge in [-0.05, 0) is 43.7 Å². The van der Waals surface area contributed by atoms with E-state index in [-0.39, 0.29) is 17.3 Å². The smallest absolute Gasteiger partial charge is 0.244 e. The number of carbonyl (C=O) groups is 1. The van der Waals surface area contributed by atoms with Crippen LogP contribution < -0.4 is 10.0 Å². The highest BCUT2D eigenvalue weighted by Crippen LogP contribution is 2.37. The maximum atomic E-state index is 12.1. The van der Waals surface area contributed by atoms with Gasteiger partial charge in [0.15, 0.2) is 0 Å². The molecule has 130 valence electrons. The first kappa shape index (κ1) is 17.1. The summed E-state index contributed by atoms with van der Waals surface area (Å²) in [6.07, 6.45) is 7.12. The van der Waals surface area contributed by atoms with Gasteiger partial charge in [0.25, 0.3) is 0 Å². The molecule has 0 unspecified atom stereocenters. The van der Waals surface area contributed by atoms with E-state index in [1.807, 2.05) is 6.92 Å². The van der Waals surface area contributed by atoms with Crippen molar-refractivity contribution in [2.45, 2.75) is 37.5 Å². The van der Waals surface area contributed by atoms with E-state index in [2.05, 4.69) is 15.1 Å². The molecule has 2 N–H and O–H groups in total. The first-order valence-corrected chi connectivity index (χ1v) is 10.1. The SMILES string of the molecule is Cc1c(NC(=O)CNS(=O)(=O)c2cnn(C)c2)sc2c1CCCC2. The van der Waals surface area contributed by atoms with Crippen molar-refractivity contribution >= 4 is 32.3 Å². The van der Waals surface area contributed by atoms with Crippen LogP contribution in [-0.2, 0) is 34.7 Å². The van der Waals surface area contributed by atoms with Crippen LogP contribution in [0.25, 0.3) is 0 Å². The number of nitrogens with zero attached hydrogens (tertiary/aromatic N) is 2. The minimum absolute atomic E-state index is 0.0422. The summed E-state index contributed by atoms with van der Waals surface area (Å²) in [5, 5.41) is 7.48. The van der Waals surface area contributed by atoms with Crippen LogP contribution in [0.4, 0.5) is 5.00 Å². The molecule has 0 atom stereocenters. The predicted molar refractivity (Wildman–Crippen MR) is 92.7 cm³/mol. The molecular weight excluding hydrogens is 348 g/mol. The fourth-order valence-corrected chi connectivity index (χ4v) is 5.07. The van der Waals surface area contributed by atoms with Crippen LogP contribution >= 0.6 is 11.3 Å². The number of hydrogen-bond donors (Lipinski definition) is 2. The Morgan fingerprint density at radius 2 is 2.12 bits per heavy atom. The number of amides is 1. The van der Waals surface area contributed by atoms with Crippen LogP contribution in [0, 0.1) is 6.92 Å². The number of nitrogens with one attached hydrogen (secondary N) is 2. The molecule has 3 rings (SSSR count). The molecule has 24 heavy (non-hydrogen) atoms. The Morgan fingerprint density at radius 1 is 1.38 bits per heavy atom. The van der Waals surface area contributed by atoms with Crippen molar-refractivity contribution < 1.29 is 13.2 Å². The van der Waals surface area contributed by atoms with Gasteiger partial charge in [-0.1, -0.05) is 0 Å². The van der Waals surface area contributed by atoms with Crippen LogP contribution in [0.15, 0.2) is 17.3 Å². The van der Waals surface area contributed by atoms with Crippen molar-refractivity contribution in [2.24, 2.45) is 7.05 Å². The molecule has 0 fully saturated rings. The summed E-state index contributed by atoms with van der Waals surface area (Å²) in [7, 11) is -2.10. The molecule has 2 aromatic heterocycles. The maximum Gasteiger partial charge on any atom is 0.244 e. The zero-order chi connectivity index (χ0) is 17.3. The molecule has 0 radical (unpaired) electrons. The van der Waals surface area contributed by atoms with Gasteiger partial charge in [-0.3, -0.25) is 9.48 Å². The number of sulfonamides is 1. The minimum Gasteiger partial charge on any atom is -0.316 e. The Hall–Kier alpha value is -1.71. The second-order valence-electron chi connectivity index (χ2n) is 5.89. The van der Waals surface area contributed by atoms with Gasteiger partial charge in [0.1, 0.15) is 4.90 Å². The van der Waals surface area contributed by atoms with E-state index < -0.39 is 10.0 Å². The Bertz CT molecular complexity index is 867. The summed E-state index contributed by atoms with van der Waals surface area (Å²) in [5.74, 6) is -0.371. The zero-order valence-corrected chi connectivity index (χ0v) is 15.3. The molecule has 2 aromatic rings.